The molecule has 1 heterocycles. The summed E-state index contributed by atoms with van der Waals surface area (Å²) in [5.74, 6) is 0.239. The van der Waals surface area contributed by atoms with Crippen molar-refractivity contribution in [1.29, 1.82) is 0 Å². The van der Waals surface area contributed by atoms with Crippen LogP contribution in [0.15, 0.2) is 0 Å². The number of rotatable bonds is 4. The number of ether oxygens (including phenoxy) is 3. The molecule has 0 aromatic heterocycles. The molecule has 1 fully saturated rings. The van der Waals surface area contributed by atoms with Gasteiger partial charge in [-0.25, -0.2) is 4.79 Å². The summed E-state index contributed by atoms with van der Waals surface area (Å²) in [6, 6.07) is -0.288. The van der Waals surface area contributed by atoms with Crippen LogP contribution in [0.4, 0.5) is 0 Å². The second-order valence-electron chi connectivity index (χ2n) is 5.74. The van der Waals surface area contributed by atoms with Gasteiger partial charge in [-0.15, -0.1) is 0 Å². The molecule has 5 nitrogen and oxygen atoms in total. The lowest BCUT2D eigenvalue weighted by Gasteiger charge is -2.30. The average molecular weight is 310 g/mol. The third-order valence-corrected chi connectivity index (χ3v) is 3.42. The number of quaternary nitrogens is 1. The molecular formula is C14H28ClNO4. The molecule has 1 saturated heterocycles. The second kappa shape index (κ2) is 9.55. The molecule has 0 aromatic rings. The number of carbonyl (C=O) groups is 1. The molecule has 6 heteroatoms. The molecule has 0 unspecified atom stereocenters. The van der Waals surface area contributed by atoms with Gasteiger partial charge in [0.05, 0.1) is 6.10 Å². The molecular weight excluding hydrogens is 282 g/mol. The molecule has 4 atom stereocenters. The molecule has 0 radical (unpaired) electrons. The quantitative estimate of drug-likeness (QED) is 0.597. The van der Waals surface area contributed by atoms with Crippen molar-refractivity contribution in [2.24, 2.45) is 5.92 Å². The molecule has 3 N–H and O–H groups in total. The minimum Gasteiger partial charge on any atom is -1.00 e. The summed E-state index contributed by atoms with van der Waals surface area (Å²) >= 11 is 0. The molecule has 1 rings (SSSR count). The van der Waals surface area contributed by atoms with Crippen molar-refractivity contribution in [2.75, 3.05) is 13.7 Å². The van der Waals surface area contributed by atoms with E-state index in [4.69, 9.17) is 14.2 Å². The normalized spacial score (nSPS) is 31.8. The van der Waals surface area contributed by atoms with Crippen molar-refractivity contribution in [3.8, 4) is 0 Å². The minimum absolute atomic E-state index is 0. The molecule has 0 bridgehead atoms. The highest BCUT2D eigenvalue weighted by atomic mass is 35.5. The monoisotopic (exact) mass is 309 g/mol. The number of halogens is 1. The Morgan fingerprint density at radius 1 is 1.40 bits per heavy atom. The summed E-state index contributed by atoms with van der Waals surface area (Å²) in [5, 5.41) is 0. The number of cyclic esters (lactones) is 1. The highest BCUT2D eigenvalue weighted by molar-refractivity contribution is 5.74. The first kappa shape index (κ1) is 19.6. The fraction of sp³-hybridized carbons (Fsp3) is 0.929. The Bertz CT molecular complexity index is 288. The Balaban J connectivity index is 0.00000361. The first-order valence-electron chi connectivity index (χ1n) is 7.13. The summed E-state index contributed by atoms with van der Waals surface area (Å²) in [5.41, 5.74) is 3.85. The number of carbonyl (C=O) groups excluding carboxylic acids is 1. The number of esters is 1. The fourth-order valence-electron chi connectivity index (χ4n) is 2.33. The number of methoxy groups -OCH3 is 1. The van der Waals surface area contributed by atoms with Gasteiger partial charge in [0.2, 0.25) is 0 Å². The molecule has 0 amide bonds. The van der Waals surface area contributed by atoms with Crippen LogP contribution in [0.25, 0.3) is 0 Å². The van der Waals surface area contributed by atoms with Crippen LogP contribution in [0, 0.1) is 5.92 Å². The maximum Gasteiger partial charge on any atom is 0.365 e. The van der Waals surface area contributed by atoms with Crippen molar-refractivity contribution in [2.45, 2.75) is 64.4 Å². The van der Waals surface area contributed by atoms with Crippen LogP contribution in [0.2, 0.25) is 0 Å². The van der Waals surface area contributed by atoms with Crippen LogP contribution >= 0.6 is 0 Å². The summed E-state index contributed by atoms with van der Waals surface area (Å²) in [6.07, 6.45) is 1.96. The van der Waals surface area contributed by atoms with Gasteiger partial charge in [-0.1, -0.05) is 13.8 Å². The SMILES string of the molecule is CO[C@H]1[C@H](C)OC(=O)[C@@H]([NH3+])CCC[C@@H]1OCC(C)C.[Cl-]. The van der Waals surface area contributed by atoms with Crippen LogP contribution in [0.5, 0.6) is 0 Å². The third-order valence-electron chi connectivity index (χ3n) is 3.42. The van der Waals surface area contributed by atoms with E-state index in [2.05, 4.69) is 19.6 Å². The van der Waals surface area contributed by atoms with Crippen LogP contribution in [-0.4, -0.2) is 44.0 Å². The van der Waals surface area contributed by atoms with Gasteiger partial charge in [0.15, 0.2) is 6.04 Å². The maximum atomic E-state index is 11.8. The Kier molecular flexibility index (Phi) is 9.38. The van der Waals surface area contributed by atoms with Crippen molar-refractivity contribution < 1.29 is 37.1 Å². The zero-order chi connectivity index (χ0) is 14.4. The Hall–Kier alpha value is -0.360. The predicted octanol–water partition coefficient (Wildman–Crippen LogP) is -2.23. The molecule has 1 aliphatic rings. The largest absolute Gasteiger partial charge is 1.00 e. The van der Waals surface area contributed by atoms with Gasteiger partial charge in [0, 0.05) is 20.1 Å². The van der Waals surface area contributed by atoms with Gasteiger partial charge in [-0.05, 0) is 25.7 Å². The van der Waals surface area contributed by atoms with E-state index in [-0.39, 0.29) is 42.7 Å². The van der Waals surface area contributed by atoms with E-state index in [1.54, 1.807) is 7.11 Å². The lowest BCUT2D eigenvalue weighted by Crippen LogP contribution is -3.00. The van der Waals surface area contributed by atoms with Crippen molar-refractivity contribution >= 4 is 5.97 Å². The summed E-state index contributed by atoms with van der Waals surface area (Å²) in [7, 11) is 1.64. The first-order chi connectivity index (χ1) is 8.95. The van der Waals surface area contributed by atoms with E-state index >= 15 is 0 Å². The lowest BCUT2D eigenvalue weighted by atomic mass is 10.0. The van der Waals surface area contributed by atoms with Crippen molar-refractivity contribution in [3.05, 3.63) is 0 Å². The van der Waals surface area contributed by atoms with E-state index in [0.29, 0.717) is 12.5 Å². The van der Waals surface area contributed by atoms with Crippen LogP contribution in [0.3, 0.4) is 0 Å². The summed E-state index contributed by atoms with van der Waals surface area (Å²) in [4.78, 5) is 11.8. The van der Waals surface area contributed by atoms with Crippen molar-refractivity contribution in [3.63, 3.8) is 0 Å². The van der Waals surface area contributed by atoms with E-state index in [1.807, 2.05) is 6.92 Å². The van der Waals surface area contributed by atoms with E-state index in [1.165, 1.54) is 0 Å². The van der Waals surface area contributed by atoms with E-state index in [0.717, 1.165) is 19.3 Å². The molecule has 0 spiro atoms. The van der Waals surface area contributed by atoms with Gasteiger partial charge in [0.1, 0.15) is 12.2 Å². The molecule has 1 aliphatic heterocycles. The molecule has 120 valence electrons. The standard InChI is InChI=1S/C14H27NO4.ClH/c1-9(2)8-18-12-7-5-6-11(15)14(16)19-10(3)13(12)17-4;/h9-13H,5-8,15H2,1-4H3;1H/t10-,11-,12-,13-;/m0./s1. The lowest BCUT2D eigenvalue weighted by molar-refractivity contribution is -0.410. The smallest absolute Gasteiger partial charge is 0.365 e. The van der Waals surface area contributed by atoms with Gasteiger partial charge >= 0.3 is 5.97 Å². The van der Waals surface area contributed by atoms with Crippen LogP contribution in [-0.2, 0) is 19.0 Å². The van der Waals surface area contributed by atoms with Crippen LogP contribution in [0.1, 0.15) is 40.0 Å². The number of hydrogen-bond donors (Lipinski definition) is 1. The number of hydrogen-bond acceptors (Lipinski definition) is 4. The third kappa shape index (κ3) is 5.95. The van der Waals surface area contributed by atoms with Crippen LogP contribution < -0.4 is 18.1 Å². The van der Waals surface area contributed by atoms with Gasteiger partial charge in [0.25, 0.3) is 0 Å². The minimum atomic E-state index is -0.308. The second-order valence-corrected chi connectivity index (χ2v) is 5.74. The highest BCUT2D eigenvalue weighted by Gasteiger charge is 2.34. The van der Waals surface area contributed by atoms with E-state index < -0.39 is 0 Å². The topological polar surface area (TPSA) is 72.4 Å². The molecule has 0 aliphatic carbocycles. The molecule has 0 aromatic carbocycles. The zero-order valence-corrected chi connectivity index (χ0v) is 13.7. The Labute approximate surface area is 127 Å². The molecule has 0 saturated carbocycles. The highest BCUT2D eigenvalue weighted by Crippen LogP contribution is 2.20. The Morgan fingerprint density at radius 2 is 2.05 bits per heavy atom. The maximum absolute atomic E-state index is 11.8. The zero-order valence-electron chi connectivity index (χ0n) is 12.9. The van der Waals surface area contributed by atoms with Gasteiger partial charge in [-0.2, -0.15) is 0 Å². The predicted molar refractivity (Wildman–Crippen MR) is 71.5 cm³/mol. The Morgan fingerprint density at radius 3 is 2.60 bits per heavy atom. The average Bonchev–Trinajstić information content (AvgIpc) is 2.38. The molecule has 20 heavy (non-hydrogen) atoms. The summed E-state index contributed by atoms with van der Waals surface area (Å²) < 4.78 is 16.9. The summed E-state index contributed by atoms with van der Waals surface area (Å²) in [6.45, 7) is 6.79. The fourth-order valence-corrected chi connectivity index (χ4v) is 2.33. The van der Waals surface area contributed by atoms with Gasteiger partial charge in [-0.3, -0.25) is 0 Å². The van der Waals surface area contributed by atoms with Gasteiger partial charge < -0.3 is 32.4 Å². The first-order valence-corrected chi connectivity index (χ1v) is 7.13. The van der Waals surface area contributed by atoms with Crippen molar-refractivity contribution in [1.82, 2.24) is 0 Å². The van der Waals surface area contributed by atoms with E-state index in [9.17, 15) is 4.79 Å².